The number of fused-ring (bicyclic) bond motifs is 1. The molecule has 6 nitrogen and oxygen atoms in total. The molecule has 2 aliphatic rings. The van der Waals surface area contributed by atoms with Crippen LogP contribution in [0.3, 0.4) is 0 Å². The third kappa shape index (κ3) is 3.30. The second kappa shape index (κ2) is 6.41. The summed E-state index contributed by atoms with van der Waals surface area (Å²) in [5, 5.41) is 11.9. The number of carboxylic acid groups (broad SMARTS) is 1. The van der Waals surface area contributed by atoms with Gasteiger partial charge in [-0.3, -0.25) is 9.59 Å². The summed E-state index contributed by atoms with van der Waals surface area (Å²) in [7, 11) is 0. The van der Waals surface area contributed by atoms with Gasteiger partial charge in [0, 0.05) is 22.9 Å². The molecule has 2 atom stereocenters. The van der Waals surface area contributed by atoms with Gasteiger partial charge in [0.15, 0.2) is 0 Å². The summed E-state index contributed by atoms with van der Waals surface area (Å²) >= 11 is 7.20. The van der Waals surface area contributed by atoms with Gasteiger partial charge in [-0.1, -0.05) is 11.6 Å². The Labute approximate surface area is 142 Å². The Kier molecular flexibility index (Phi) is 4.50. The van der Waals surface area contributed by atoms with Crippen LogP contribution in [0.1, 0.15) is 19.3 Å². The minimum atomic E-state index is -0.989. The minimum absolute atomic E-state index is 0.0116. The highest BCUT2D eigenvalue weighted by Gasteiger charge is 2.37. The summed E-state index contributed by atoms with van der Waals surface area (Å²) in [5.41, 5.74) is 0.640. The fourth-order valence-electron chi connectivity index (χ4n) is 2.85. The number of rotatable bonds is 3. The number of amides is 2. The summed E-state index contributed by atoms with van der Waals surface area (Å²) in [4.78, 5) is 38.0. The molecule has 1 saturated heterocycles. The van der Waals surface area contributed by atoms with Crippen molar-refractivity contribution in [2.75, 3.05) is 11.9 Å². The molecule has 1 unspecified atom stereocenters. The van der Waals surface area contributed by atoms with Crippen molar-refractivity contribution < 1.29 is 19.5 Å². The number of aliphatic carboxylic acids is 1. The van der Waals surface area contributed by atoms with Crippen LogP contribution in [0.5, 0.6) is 0 Å². The molecule has 23 heavy (non-hydrogen) atoms. The van der Waals surface area contributed by atoms with Crippen molar-refractivity contribution in [1.82, 2.24) is 4.90 Å². The van der Waals surface area contributed by atoms with Crippen molar-refractivity contribution in [1.29, 1.82) is 0 Å². The number of halogens is 1. The van der Waals surface area contributed by atoms with Crippen LogP contribution in [-0.2, 0) is 14.4 Å². The molecule has 0 spiro atoms. The maximum Gasteiger partial charge on any atom is 0.326 e. The van der Waals surface area contributed by atoms with Crippen LogP contribution in [0.4, 0.5) is 5.69 Å². The number of carbonyl (C=O) groups is 3. The van der Waals surface area contributed by atoms with Gasteiger partial charge in [0.1, 0.15) is 6.04 Å². The van der Waals surface area contributed by atoms with Crippen LogP contribution in [0.25, 0.3) is 0 Å². The number of anilines is 1. The standard InChI is InChI=1S/C15H15ClN2O4S/c16-8-3-4-11-9(6-8)17-14(20)12(23-11)7-13(19)18-5-1-2-10(18)15(21)22/h3-4,6,10,12H,1-2,5,7H2,(H,17,20)(H,21,22)/t10-,12?/m1/s1. The Bertz CT molecular complexity index is 681. The van der Waals surface area contributed by atoms with Gasteiger partial charge >= 0.3 is 5.97 Å². The van der Waals surface area contributed by atoms with Gasteiger partial charge in [0.25, 0.3) is 0 Å². The Balaban J connectivity index is 1.71. The van der Waals surface area contributed by atoms with Gasteiger partial charge in [0.2, 0.25) is 11.8 Å². The van der Waals surface area contributed by atoms with E-state index in [0.717, 1.165) is 4.90 Å². The first-order chi connectivity index (χ1) is 11.0. The van der Waals surface area contributed by atoms with Gasteiger partial charge in [-0.05, 0) is 31.0 Å². The largest absolute Gasteiger partial charge is 0.480 e. The minimum Gasteiger partial charge on any atom is -0.480 e. The molecule has 1 fully saturated rings. The van der Waals surface area contributed by atoms with Crippen LogP contribution in [-0.4, -0.2) is 45.6 Å². The summed E-state index contributed by atoms with van der Waals surface area (Å²) in [6, 6.07) is 4.42. The molecule has 2 amide bonds. The average molecular weight is 355 g/mol. The second-order valence-corrected chi connectivity index (χ2v) is 7.20. The molecular weight excluding hydrogens is 340 g/mol. The van der Waals surface area contributed by atoms with Crippen molar-refractivity contribution in [3.05, 3.63) is 23.2 Å². The number of carbonyl (C=O) groups excluding carboxylic acids is 2. The zero-order valence-electron chi connectivity index (χ0n) is 12.1. The molecule has 2 heterocycles. The van der Waals surface area contributed by atoms with Crippen LogP contribution in [0.15, 0.2) is 23.1 Å². The van der Waals surface area contributed by atoms with Crippen LogP contribution < -0.4 is 5.32 Å². The molecular formula is C15H15ClN2O4S. The molecule has 0 radical (unpaired) electrons. The Morgan fingerprint density at radius 2 is 2.22 bits per heavy atom. The van der Waals surface area contributed by atoms with Gasteiger partial charge < -0.3 is 15.3 Å². The van der Waals surface area contributed by atoms with Crippen molar-refractivity contribution in [3.63, 3.8) is 0 Å². The van der Waals surface area contributed by atoms with E-state index in [4.69, 9.17) is 16.7 Å². The molecule has 1 aromatic carbocycles. The highest BCUT2D eigenvalue weighted by atomic mass is 35.5. The number of nitrogens with one attached hydrogen (secondary N) is 1. The lowest BCUT2D eigenvalue weighted by Crippen LogP contribution is -2.43. The first kappa shape index (κ1) is 16.1. The Morgan fingerprint density at radius 1 is 1.43 bits per heavy atom. The van der Waals surface area contributed by atoms with Crippen LogP contribution in [0.2, 0.25) is 5.02 Å². The number of hydrogen-bond donors (Lipinski definition) is 2. The fraction of sp³-hybridized carbons (Fsp3) is 0.400. The molecule has 0 aliphatic carbocycles. The molecule has 0 aromatic heterocycles. The monoisotopic (exact) mass is 354 g/mol. The van der Waals surface area contributed by atoms with E-state index in [0.29, 0.717) is 30.1 Å². The summed E-state index contributed by atoms with van der Waals surface area (Å²) in [6.07, 6.45) is 1.13. The third-order valence-electron chi connectivity index (χ3n) is 3.98. The molecule has 3 rings (SSSR count). The maximum absolute atomic E-state index is 12.4. The van der Waals surface area contributed by atoms with Crippen molar-refractivity contribution in [3.8, 4) is 0 Å². The van der Waals surface area contributed by atoms with Crippen LogP contribution in [0, 0.1) is 0 Å². The molecule has 122 valence electrons. The average Bonchev–Trinajstić information content (AvgIpc) is 2.98. The maximum atomic E-state index is 12.4. The van der Waals surface area contributed by atoms with E-state index in [9.17, 15) is 14.4 Å². The lowest BCUT2D eigenvalue weighted by Gasteiger charge is -2.27. The van der Waals surface area contributed by atoms with E-state index in [1.807, 2.05) is 0 Å². The van der Waals surface area contributed by atoms with E-state index in [1.54, 1.807) is 18.2 Å². The number of hydrogen-bond acceptors (Lipinski definition) is 4. The van der Waals surface area contributed by atoms with Crippen LogP contribution >= 0.6 is 23.4 Å². The first-order valence-electron chi connectivity index (χ1n) is 7.25. The number of thioether (sulfide) groups is 1. The first-order valence-corrected chi connectivity index (χ1v) is 8.51. The van der Waals surface area contributed by atoms with Gasteiger partial charge in [-0.15, -0.1) is 11.8 Å². The highest BCUT2D eigenvalue weighted by molar-refractivity contribution is 8.01. The second-order valence-electron chi connectivity index (χ2n) is 5.52. The topological polar surface area (TPSA) is 86.7 Å². The van der Waals surface area contributed by atoms with Gasteiger partial charge in [-0.2, -0.15) is 0 Å². The summed E-state index contributed by atoms with van der Waals surface area (Å²) in [6.45, 7) is 0.432. The molecule has 0 bridgehead atoms. The van der Waals surface area contributed by atoms with Gasteiger partial charge in [0.05, 0.1) is 10.9 Å². The van der Waals surface area contributed by atoms with E-state index >= 15 is 0 Å². The number of nitrogens with zero attached hydrogens (tertiary/aromatic N) is 1. The smallest absolute Gasteiger partial charge is 0.326 e. The van der Waals surface area contributed by atoms with E-state index < -0.39 is 17.3 Å². The summed E-state index contributed by atoms with van der Waals surface area (Å²) in [5.74, 6) is -1.54. The SMILES string of the molecule is O=C1Nc2cc(Cl)ccc2SC1CC(=O)N1CCC[C@@H]1C(=O)O. The predicted octanol–water partition coefficient (Wildman–Crippen LogP) is 2.22. The predicted molar refractivity (Wildman–Crippen MR) is 86.7 cm³/mol. The Morgan fingerprint density at radius 3 is 2.96 bits per heavy atom. The van der Waals surface area contributed by atoms with Crippen molar-refractivity contribution in [2.24, 2.45) is 0 Å². The van der Waals surface area contributed by atoms with Gasteiger partial charge in [-0.25, -0.2) is 4.79 Å². The molecule has 1 aromatic rings. The zero-order valence-corrected chi connectivity index (χ0v) is 13.7. The highest BCUT2D eigenvalue weighted by Crippen LogP contribution is 2.38. The molecule has 8 heteroatoms. The zero-order chi connectivity index (χ0) is 16.6. The molecule has 2 N–H and O–H groups in total. The fourth-order valence-corrected chi connectivity index (χ4v) is 4.11. The third-order valence-corrected chi connectivity index (χ3v) is 5.49. The molecule has 2 aliphatic heterocycles. The number of carboxylic acids is 1. The number of benzene rings is 1. The van der Waals surface area contributed by atoms with E-state index in [1.165, 1.54) is 16.7 Å². The van der Waals surface area contributed by atoms with Crippen molar-refractivity contribution in [2.45, 2.75) is 35.4 Å². The van der Waals surface area contributed by atoms with E-state index in [-0.39, 0.29) is 18.2 Å². The lowest BCUT2D eigenvalue weighted by atomic mass is 10.2. The van der Waals surface area contributed by atoms with Crippen molar-refractivity contribution >= 4 is 46.8 Å². The summed E-state index contributed by atoms with van der Waals surface area (Å²) < 4.78 is 0. The van der Waals surface area contributed by atoms with E-state index in [2.05, 4.69) is 5.32 Å². The molecule has 0 saturated carbocycles. The normalized spacial score (nSPS) is 23.3. The lowest BCUT2D eigenvalue weighted by molar-refractivity contribution is -0.148. The Hall–Kier alpha value is -1.73. The number of likely N-dealkylation sites (tertiary alicyclic amines) is 1. The quantitative estimate of drug-likeness (QED) is 0.869.